The molecule has 2 N–H and O–H groups in total. The minimum absolute atomic E-state index is 0.331. The van der Waals surface area contributed by atoms with Crippen LogP contribution in [0.25, 0.3) is 0 Å². The second-order valence-electron chi connectivity index (χ2n) is 2.45. The molecule has 0 bridgehead atoms. The predicted molar refractivity (Wildman–Crippen MR) is 37.9 cm³/mol. The van der Waals surface area contributed by atoms with Gasteiger partial charge in [0, 0.05) is 7.11 Å². The molecule has 0 aliphatic heterocycles. The molecule has 0 aromatic rings. The Kier molecular flexibility index (Phi) is 2.69. The van der Waals surface area contributed by atoms with E-state index in [-0.39, 0.29) is 6.04 Å². The summed E-state index contributed by atoms with van der Waals surface area (Å²) in [7, 11) is 1.59. The van der Waals surface area contributed by atoms with Gasteiger partial charge >= 0.3 is 0 Å². The first-order valence-corrected chi connectivity index (χ1v) is 2.81. The van der Waals surface area contributed by atoms with Gasteiger partial charge in [-0.1, -0.05) is 5.92 Å². The van der Waals surface area contributed by atoms with Crippen molar-refractivity contribution in [3.8, 4) is 12.3 Å². The summed E-state index contributed by atoms with van der Waals surface area (Å²) in [6.07, 6.45) is 5.08. The van der Waals surface area contributed by atoms with Crippen LogP contribution in [0.1, 0.15) is 13.8 Å². The van der Waals surface area contributed by atoms with Crippen LogP contribution in [0.5, 0.6) is 0 Å². The maximum Gasteiger partial charge on any atom is 0.0950 e. The van der Waals surface area contributed by atoms with Crippen molar-refractivity contribution < 1.29 is 4.74 Å². The first kappa shape index (κ1) is 8.48. The smallest absolute Gasteiger partial charge is 0.0950 e. The highest BCUT2D eigenvalue weighted by atomic mass is 16.5. The molecule has 9 heavy (non-hydrogen) atoms. The fourth-order valence-corrected chi connectivity index (χ4v) is 0.328. The Balaban J connectivity index is 4.01. The highest BCUT2D eigenvalue weighted by Gasteiger charge is 2.23. The van der Waals surface area contributed by atoms with Crippen LogP contribution in [0.3, 0.4) is 0 Å². The van der Waals surface area contributed by atoms with Crippen molar-refractivity contribution >= 4 is 0 Å². The van der Waals surface area contributed by atoms with Gasteiger partial charge in [0.15, 0.2) is 0 Å². The summed E-state index contributed by atoms with van der Waals surface area (Å²) in [4.78, 5) is 0. The van der Waals surface area contributed by atoms with Crippen molar-refractivity contribution in [2.45, 2.75) is 25.5 Å². The van der Waals surface area contributed by atoms with Crippen LogP contribution in [0.15, 0.2) is 0 Å². The number of terminal acetylenes is 1. The van der Waals surface area contributed by atoms with Gasteiger partial charge in [0.1, 0.15) is 0 Å². The molecule has 0 rings (SSSR count). The summed E-state index contributed by atoms with van der Waals surface area (Å²) in [6.45, 7) is 3.72. The lowest BCUT2D eigenvalue weighted by atomic mass is 10.0. The van der Waals surface area contributed by atoms with E-state index in [1.807, 2.05) is 13.8 Å². The standard InChI is InChI=1S/C7H13NO/c1-5-6(8)7(2,3)9-4/h1,6H,8H2,2-4H3/t6-/m0/s1. The summed E-state index contributed by atoms with van der Waals surface area (Å²) in [5.41, 5.74) is 5.09. The SMILES string of the molecule is C#C[C@H](N)C(C)(C)OC. The van der Waals surface area contributed by atoms with Crippen LogP contribution in [-0.4, -0.2) is 18.8 Å². The first-order chi connectivity index (χ1) is 4.04. The molecule has 0 spiro atoms. The Morgan fingerprint density at radius 2 is 2.11 bits per heavy atom. The molecule has 0 heterocycles. The Bertz CT molecular complexity index is 123. The molecule has 0 fully saturated rings. The maximum absolute atomic E-state index is 5.50. The van der Waals surface area contributed by atoms with E-state index in [0.717, 1.165) is 0 Å². The zero-order chi connectivity index (χ0) is 7.49. The zero-order valence-corrected chi connectivity index (χ0v) is 6.14. The molecule has 2 nitrogen and oxygen atoms in total. The molecule has 0 saturated carbocycles. The Morgan fingerprint density at radius 1 is 1.67 bits per heavy atom. The van der Waals surface area contributed by atoms with Gasteiger partial charge < -0.3 is 10.5 Å². The van der Waals surface area contributed by atoms with Gasteiger partial charge in [-0.3, -0.25) is 0 Å². The van der Waals surface area contributed by atoms with Gasteiger partial charge in [-0.25, -0.2) is 0 Å². The number of ether oxygens (including phenoxy) is 1. The lowest BCUT2D eigenvalue weighted by molar-refractivity contribution is 0.0148. The third-order valence-electron chi connectivity index (χ3n) is 1.45. The highest BCUT2D eigenvalue weighted by Crippen LogP contribution is 2.09. The van der Waals surface area contributed by atoms with Crippen molar-refractivity contribution in [2.24, 2.45) is 5.73 Å². The summed E-state index contributed by atoms with van der Waals surface area (Å²) >= 11 is 0. The number of methoxy groups -OCH3 is 1. The van der Waals surface area contributed by atoms with Crippen molar-refractivity contribution in [1.82, 2.24) is 0 Å². The van der Waals surface area contributed by atoms with Crippen molar-refractivity contribution in [3.63, 3.8) is 0 Å². The fourth-order valence-electron chi connectivity index (χ4n) is 0.328. The van der Waals surface area contributed by atoms with Gasteiger partial charge in [-0.15, -0.1) is 6.42 Å². The average molecular weight is 127 g/mol. The third-order valence-corrected chi connectivity index (χ3v) is 1.45. The monoisotopic (exact) mass is 127 g/mol. The molecule has 0 aromatic heterocycles. The molecule has 2 heteroatoms. The molecule has 0 saturated heterocycles. The second-order valence-corrected chi connectivity index (χ2v) is 2.45. The van der Waals surface area contributed by atoms with Crippen molar-refractivity contribution in [1.29, 1.82) is 0 Å². The van der Waals surface area contributed by atoms with Crippen LogP contribution in [-0.2, 0) is 4.74 Å². The molecule has 0 amide bonds. The highest BCUT2D eigenvalue weighted by molar-refractivity contribution is 5.05. The Hall–Kier alpha value is -0.520. The van der Waals surface area contributed by atoms with E-state index >= 15 is 0 Å². The van der Waals surface area contributed by atoms with Crippen molar-refractivity contribution in [2.75, 3.05) is 7.11 Å². The van der Waals surface area contributed by atoms with E-state index in [1.54, 1.807) is 7.11 Å². The van der Waals surface area contributed by atoms with E-state index in [2.05, 4.69) is 5.92 Å². The fraction of sp³-hybridized carbons (Fsp3) is 0.714. The normalized spacial score (nSPS) is 14.6. The summed E-state index contributed by atoms with van der Waals surface area (Å²) < 4.78 is 5.02. The summed E-state index contributed by atoms with van der Waals surface area (Å²) in [5.74, 6) is 2.41. The van der Waals surface area contributed by atoms with Gasteiger partial charge in [0.25, 0.3) is 0 Å². The molecule has 0 aromatic carbocycles. The second kappa shape index (κ2) is 2.86. The predicted octanol–water partition coefficient (Wildman–Crippen LogP) is 0.372. The number of rotatable bonds is 2. The molecule has 1 atom stereocenters. The summed E-state index contributed by atoms with van der Waals surface area (Å²) in [6, 6.07) is -0.331. The molecule has 52 valence electrons. The molecule has 0 radical (unpaired) electrons. The number of nitrogens with two attached hydrogens (primary N) is 1. The minimum atomic E-state index is -0.408. The number of hydrogen-bond donors (Lipinski definition) is 1. The summed E-state index contributed by atoms with van der Waals surface area (Å²) in [5, 5.41) is 0. The van der Waals surface area contributed by atoms with Gasteiger partial charge in [0.05, 0.1) is 11.6 Å². The molecular formula is C7H13NO. The maximum atomic E-state index is 5.50. The molecule has 0 unspecified atom stereocenters. The van der Waals surface area contributed by atoms with Crippen LogP contribution in [0, 0.1) is 12.3 Å². The lowest BCUT2D eigenvalue weighted by Crippen LogP contribution is -2.43. The third kappa shape index (κ3) is 2.05. The molecule has 0 aliphatic carbocycles. The van der Waals surface area contributed by atoms with Gasteiger partial charge in [0.2, 0.25) is 0 Å². The minimum Gasteiger partial charge on any atom is -0.376 e. The van der Waals surface area contributed by atoms with Crippen LogP contribution in [0.4, 0.5) is 0 Å². The van der Waals surface area contributed by atoms with Gasteiger partial charge in [-0.2, -0.15) is 0 Å². The first-order valence-electron chi connectivity index (χ1n) is 2.81. The van der Waals surface area contributed by atoms with E-state index in [4.69, 9.17) is 16.9 Å². The van der Waals surface area contributed by atoms with Crippen LogP contribution >= 0.6 is 0 Å². The average Bonchev–Trinajstić information content (AvgIpc) is 1.86. The molecular weight excluding hydrogens is 114 g/mol. The quantitative estimate of drug-likeness (QED) is 0.544. The van der Waals surface area contributed by atoms with Crippen LogP contribution in [0.2, 0.25) is 0 Å². The van der Waals surface area contributed by atoms with Crippen molar-refractivity contribution in [3.05, 3.63) is 0 Å². The van der Waals surface area contributed by atoms with Gasteiger partial charge in [-0.05, 0) is 13.8 Å². The number of hydrogen-bond acceptors (Lipinski definition) is 2. The van der Waals surface area contributed by atoms with Crippen LogP contribution < -0.4 is 5.73 Å². The molecule has 0 aliphatic rings. The van der Waals surface area contributed by atoms with E-state index in [9.17, 15) is 0 Å². The topological polar surface area (TPSA) is 35.2 Å². The lowest BCUT2D eigenvalue weighted by Gasteiger charge is -2.25. The Labute approximate surface area is 56.4 Å². The van der Waals surface area contributed by atoms with E-state index in [0.29, 0.717) is 0 Å². The van der Waals surface area contributed by atoms with E-state index < -0.39 is 5.60 Å². The van der Waals surface area contributed by atoms with E-state index in [1.165, 1.54) is 0 Å². The zero-order valence-electron chi connectivity index (χ0n) is 6.14. The largest absolute Gasteiger partial charge is 0.376 e. The Morgan fingerprint density at radius 3 is 2.22 bits per heavy atom.